The average Bonchev–Trinajstić information content (AvgIpc) is 2.66. The summed E-state index contributed by atoms with van der Waals surface area (Å²) in [4.78, 5) is 24.8. The first-order valence-electron chi connectivity index (χ1n) is 11.2. The van der Waals surface area contributed by atoms with E-state index < -0.39 is 0 Å². The number of unbranched alkanes of at least 4 members (excludes halogenated alkanes) is 2. The molecule has 0 fully saturated rings. The number of rotatable bonds is 16. The van der Waals surface area contributed by atoms with E-state index in [-0.39, 0.29) is 29.2 Å². The van der Waals surface area contributed by atoms with Crippen LogP contribution in [0.15, 0.2) is 0 Å². The molecule has 27 heavy (non-hydrogen) atoms. The highest BCUT2D eigenvalue weighted by Crippen LogP contribution is 2.27. The van der Waals surface area contributed by atoms with Gasteiger partial charge in [-0.3, -0.25) is 9.59 Å². The maximum Gasteiger partial charge on any atom is 0.308 e. The molecule has 4 heteroatoms. The highest BCUT2D eigenvalue weighted by molar-refractivity contribution is 5.73. The van der Waals surface area contributed by atoms with Gasteiger partial charge in [-0.2, -0.15) is 0 Å². The van der Waals surface area contributed by atoms with Gasteiger partial charge in [-0.25, -0.2) is 0 Å². The van der Waals surface area contributed by atoms with E-state index in [0.717, 1.165) is 64.2 Å². The van der Waals surface area contributed by atoms with Gasteiger partial charge < -0.3 is 9.47 Å². The molecule has 0 bridgehead atoms. The molecule has 0 saturated carbocycles. The van der Waals surface area contributed by atoms with Crippen LogP contribution in [0.3, 0.4) is 0 Å². The minimum absolute atomic E-state index is 0.0168. The van der Waals surface area contributed by atoms with Gasteiger partial charge in [0.25, 0.3) is 0 Å². The molecule has 0 aliphatic carbocycles. The molecule has 2 unspecified atom stereocenters. The molecule has 0 rings (SSSR count). The Morgan fingerprint density at radius 2 is 1.15 bits per heavy atom. The smallest absolute Gasteiger partial charge is 0.308 e. The Morgan fingerprint density at radius 3 is 1.44 bits per heavy atom. The lowest BCUT2D eigenvalue weighted by molar-refractivity contribution is -0.159. The molecule has 0 N–H and O–H groups in total. The largest absolute Gasteiger partial charge is 0.465 e. The van der Waals surface area contributed by atoms with Crippen molar-refractivity contribution in [3.05, 3.63) is 0 Å². The van der Waals surface area contributed by atoms with Crippen LogP contribution >= 0.6 is 0 Å². The summed E-state index contributed by atoms with van der Waals surface area (Å²) in [6.07, 6.45) is 9.51. The maximum absolute atomic E-state index is 12.4. The molecule has 0 amide bonds. The molecular formula is C23H44O4. The molecule has 0 radical (unpaired) electrons. The van der Waals surface area contributed by atoms with Gasteiger partial charge in [0.15, 0.2) is 0 Å². The summed E-state index contributed by atoms with van der Waals surface area (Å²) in [7, 11) is 0. The van der Waals surface area contributed by atoms with Crippen LogP contribution in [-0.2, 0) is 19.1 Å². The molecule has 0 aromatic rings. The van der Waals surface area contributed by atoms with Gasteiger partial charge >= 0.3 is 11.9 Å². The Hall–Kier alpha value is -1.06. The Morgan fingerprint density at radius 1 is 0.741 bits per heavy atom. The van der Waals surface area contributed by atoms with Gasteiger partial charge in [-0.1, -0.05) is 73.6 Å². The van der Waals surface area contributed by atoms with Crippen molar-refractivity contribution in [1.82, 2.24) is 0 Å². The number of carbonyl (C=O) groups is 2. The van der Waals surface area contributed by atoms with Gasteiger partial charge in [0, 0.05) is 5.41 Å². The fraction of sp³-hybridized carbons (Fsp3) is 0.913. The van der Waals surface area contributed by atoms with E-state index in [4.69, 9.17) is 9.47 Å². The van der Waals surface area contributed by atoms with E-state index in [1.807, 2.05) is 13.8 Å². The third-order valence-electron chi connectivity index (χ3n) is 5.44. The number of hydrogen-bond donors (Lipinski definition) is 0. The Labute approximate surface area is 167 Å². The minimum atomic E-state index is -0.313. The SMILES string of the molecule is CCCCC(CC)C(=O)OCC(C)(CCC)COC(=O)C(CC)CCCC. The van der Waals surface area contributed by atoms with Crippen molar-refractivity contribution in [3.63, 3.8) is 0 Å². The summed E-state index contributed by atoms with van der Waals surface area (Å²) in [5.74, 6) is -0.239. The van der Waals surface area contributed by atoms with Crippen molar-refractivity contribution >= 4 is 11.9 Å². The van der Waals surface area contributed by atoms with Crippen LogP contribution in [0.5, 0.6) is 0 Å². The average molecular weight is 385 g/mol. The Bertz CT molecular complexity index is 373. The van der Waals surface area contributed by atoms with E-state index in [1.54, 1.807) is 0 Å². The number of hydrogen-bond acceptors (Lipinski definition) is 4. The zero-order valence-electron chi connectivity index (χ0n) is 18.8. The van der Waals surface area contributed by atoms with E-state index in [9.17, 15) is 9.59 Å². The third kappa shape index (κ3) is 10.8. The van der Waals surface area contributed by atoms with Crippen molar-refractivity contribution in [3.8, 4) is 0 Å². The highest BCUT2D eigenvalue weighted by Gasteiger charge is 2.30. The predicted octanol–water partition coefficient (Wildman–Crippen LogP) is 6.31. The van der Waals surface area contributed by atoms with Crippen LogP contribution in [0.1, 0.15) is 106 Å². The fourth-order valence-electron chi connectivity index (χ4n) is 3.39. The first-order valence-corrected chi connectivity index (χ1v) is 11.2. The lowest BCUT2D eigenvalue weighted by Gasteiger charge is -2.29. The second kappa shape index (κ2) is 14.9. The Balaban J connectivity index is 4.68. The molecule has 0 saturated heterocycles. The van der Waals surface area contributed by atoms with Crippen LogP contribution in [0.25, 0.3) is 0 Å². The summed E-state index contributed by atoms with van der Waals surface area (Å²) in [6.45, 7) is 13.1. The van der Waals surface area contributed by atoms with Crippen molar-refractivity contribution in [1.29, 1.82) is 0 Å². The number of esters is 2. The van der Waals surface area contributed by atoms with Gasteiger partial charge in [0.2, 0.25) is 0 Å². The van der Waals surface area contributed by atoms with Crippen molar-refractivity contribution in [2.75, 3.05) is 13.2 Å². The van der Waals surface area contributed by atoms with Crippen molar-refractivity contribution < 1.29 is 19.1 Å². The molecule has 2 atom stereocenters. The lowest BCUT2D eigenvalue weighted by Crippen LogP contribution is -2.34. The second-order valence-electron chi connectivity index (χ2n) is 8.27. The van der Waals surface area contributed by atoms with E-state index >= 15 is 0 Å². The molecule has 0 aliphatic heterocycles. The van der Waals surface area contributed by atoms with Crippen LogP contribution in [0.2, 0.25) is 0 Å². The molecule has 0 spiro atoms. The van der Waals surface area contributed by atoms with Crippen LogP contribution in [0.4, 0.5) is 0 Å². The zero-order chi connectivity index (χ0) is 20.7. The van der Waals surface area contributed by atoms with Crippen molar-refractivity contribution in [2.45, 2.75) is 106 Å². The highest BCUT2D eigenvalue weighted by atomic mass is 16.5. The van der Waals surface area contributed by atoms with Gasteiger partial charge in [-0.15, -0.1) is 0 Å². The standard InChI is InChI=1S/C23H44O4/c1-7-12-14-19(10-4)21(24)26-17-23(6,16-9-3)18-27-22(25)20(11-5)15-13-8-2/h19-20H,7-18H2,1-6H3. The first-order chi connectivity index (χ1) is 12.9. The van der Waals surface area contributed by atoms with Gasteiger partial charge in [0.1, 0.15) is 0 Å². The van der Waals surface area contributed by atoms with Crippen LogP contribution < -0.4 is 0 Å². The maximum atomic E-state index is 12.4. The zero-order valence-corrected chi connectivity index (χ0v) is 18.8. The van der Waals surface area contributed by atoms with Crippen LogP contribution in [-0.4, -0.2) is 25.2 Å². The Kier molecular flexibility index (Phi) is 14.3. The fourth-order valence-corrected chi connectivity index (χ4v) is 3.39. The van der Waals surface area contributed by atoms with E-state index in [0.29, 0.717) is 13.2 Å². The second-order valence-corrected chi connectivity index (χ2v) is 8.27. The predicted molar refractivity (Wildman–Crippen MR) is 112 cm³/mol. The van der Waals surface area contributed by atoms with E-state index in [2.05, 4.69) is 27.7 Å². The summed E-state index contributed by atoms with van der Waals surface area (Å²) in [5.41, 5.74) is -0.313. The molecule has 0 heterocycles. The molecule has 160 valence electrons. The normalized spacial score (nSPS) is 15.6. The molecule has 0 aromatic carbocycles. The third-order valence-corrected chi connectivity index (χ3v) is 5.44. The summed E-state index contributed by atoms with van der Waals surface area (Å²) in [6, 6.07) is 0. The minimum Gasteiger partial charge on any atom is -0.465 e. The van der Waals surface area contributed by atoms with Gasteiger partial charge in [-0.05, 0) is 32.1 Å². The lowest BCUT2D eigenvalue weighted by atomic mass is 9.87. The van der Waals surface area contributed by atoms with E-state index in [1.165, 1.54) is 0 Å². The van der Waals surface area contributed by atoms with Crippen molar-refractivity contribution in [2.24, 2.45) is 17.3 Å². The first kappa shape index (κ1) is 25.9. The summed E-state index contributed by atoms with van der Waals surface area (Å²) >= 11 is 0. The monoisotopic (exact) mass is 384 g/mol. The molecule has 0 aromatic heterocycles. The van der Waals surface area contributed by atoms with Crippen LogP contribution in [0, 0.1) is 17.3 Å². The topological polar surface area (TPSA) is 52.6 Å². The summed E-state index contributed by atoms with van der Waals surface area (Å²) in [5, 5.41) is 0. The molecule has 0 aliphatic rings. The molecular weight excluding hydrogens is 340 g/mol. The summed E-state index contributed by atoms with van der Waals surface area (Å²) < 4.78 is 11.3. The number of carbonyl (C=O) groups excluding carboxylic acids is 2. The number of ether oxygens (including phenoxy) is 2. The van der Waals surface area contributed by atoms with Gasteiger partial charge in [0.05, 0.1) is 25.0 Å². The quantitative estimate of drug-likeness (QED) is 0.292. The molecule has 4 nitrogen and oxygen atoms in total.